The van der Waals surface area contributed by atoms with Crippen molar-refractivity contribution >= 4 is 0 Å². The molecule has 0 heteroatoms. The molecule has 76 valence electrons. The van der Waals surface area contributed by atoms with Crippen molar-refractivity contribution in [3.05, 3.63) is 12.7 Å². The van der Waals surface area contributed by atoms with Crippen molar-refractivity contribution in [2.45, 2.75) is 46.5 Å². The summed E-state index contributed by atoms with van der Waals surface area (Å²) in [5.41, 5.74) is 0. The highest BCUT2D eigenvalue weighted by molar-refractivity contribution is 4.89. The van der Waals surface area contributed by atoms with E-state index in [4.69, 9.17) is 0 Å². The van der Waals surface area contributed by atoms with Crippen LogP contribution in [0.1, 0.15) is 46.5 Å². The zero-order chi connectivity index (χ0) is 9.84. The van der Waals surface area contributed by atoms with Crippen LogP contribution < -0.4 is 0 Å². The van der Waals surface area contributed by atoms with Gasteiger partial charge >= 0.3 is 0 Å². The SMILES string of the molecule is C=CC1CC(C)C(C)C(CCC)C1. The summed E-state index contributed by atoms with van der Waals surface area (Å²) in [5.74, 6) is 3.57. The third-order valence-corrected chi connectivity index (χ3v) is 3.91. The summed E-state index contributed by atoms with van der Waals surface area (Å²) in [7, 11) is 0. The van der Waals surface area contributed by atoms with Crippen LogP contribution in [0.25, 0.3) is 0 Å². The Kier molecular flexibility index (Phi) is 4.02. The van der Waals surface area contributed by atoms with Gasteiger partial charge in [-0.3, -0.25) is 0 Å². The molecule has 0 radical (unpaired) electrons. The number of allylic oxidation sites excluding steroid dienone is 1. The summed E-state index contributed by atoms with van der Waals surface area (Å²) in [6.45, 7) is 11.1. The van der Waals surface area contributed by atoms with Crippen LogP contribution in [-0.4, -0.2) is 0 Å². The minimum atomic E-state index is 0.794. The maximum absolute atomic E-state index is 3.94. The van der Waals surface area contributed by atoms with Crippen molar-refractivity contribution in [3.63, 3.8) is 0 Å². The maximum Gasteiger partial charge on any atom is -0.0231 e. The Labute approximate surface area is 83.4 Å². The second-order valence-electron chi connectivity index (χ2n) is 4.85. The molecule has 0 nitrogen and oxygen atoms in total. The Bertz CT molecular complexity index is 159. The normalized spacial score (nSPS) is 40.2. The molecule has 13 heavy (non-hydrogen) atoms. The van der Waals surface area contributed by atoms with Crippen molar-refractivity contribution in [3.8, 4) is 0 Å². The van der Waals surface area contributed by atoms with E-state index in [1.54, 1.807) is 0 Å². The van der Waals surface area contributed by atoms with Crippen LogP contribution in [-0.2, 0) is 0 Å². The Morgan fingerprint density at radius 2 is 2.00 bits per heavy atom. The molecular formula is C13H24. The van der Waals surface area contributed by atoms with E-state index < -0.39 is 0 Å². The third-order valence-electron chi connectivity index (χ3n) is 3.91. The summed E-state index contributed by atoms with van der Waals surface area (Å²) < 4.78 is 0. The van der Waals surface area contributed by atoms with Crippen molar-refractivity contribution in [2.75, 3.05) is 0 Å². The number of hydrogen-bond donors (Lipinski definition) is 0. The summed E-state index contributed by atoms with van der Waals surface area (Å²) in [6, 6.07) is 0. The molecule has 4 atom stereocenters. The van der Waals surface area contributed by atoms with E-state index in [0.29, 0.717) is 0 Å². The molecule has 4 unspecified atom stereocenters. The molecule has 1 aliphatic carbocycles. The van der Waals surface area contributed by atoms with Crippen LogP contribution in [0.2, 0.25) is 0 Å². The minimum Gasteiger partial charge on any atom is -0.103 e. The Morgan fingerprint density at radius 3 is 2.54 bits per heavy atom. The molecule has 0 N–H and O–H groups in total. The van der Waals surface area contributed by atoms with Gasteiger partial charge in [-0.2, -0.15) is 0 Å². The van der Waals surface area contributed by atoms with Gasteiger partial charge < -0.3 is 0 Å². The van der Waals surface area contributed by atoms with Gasteiger partial charge in [0.1, 0.15) is 0 Å². The smallest absolute Gasteiger partial charge is 0.0231 e. The molecule has 0 saturated heterocycles. The molecule has 1 fully saturated rings. The van der Waals surface area contributed by atoms with Gasteiger partial charge in [0.15, 0.2) is 0 Å². The van der Waals surface area contributed by atoms with Gasteiger partial charge in [0, 0.05) is 0 Å². The Balaban J connectivity index is 2.54. The fourth-order valence-corrected chi connectivity index (χ4v) is 2.80. The molecule has 0 aliphatic heterocycles. The fourth-order valence-electron chi connectivity index (χ4n) is 2.80. The summed E-state index contributed by atoms with van der Waals surface area (Å²) in [6.07, 6.45) is 7.68. The molecule has 0 aromatic heterocycles. The predicted octanol–water partition coefficient (Wildman–Crippen LogP) is 4.27. The lowest BCUT2D eigenvalue weighted by Gasteiger charge is -2.38. The van der Waals surface area contributed by atoms with E-state index in [1.165, 1.54) is 25.7 Å². The van der Waals surface area contributed by atoms with Crippen LogP contribution in [0.5, 0.6) is 0 Å². The zero-order valence-electron chi connectivity index (χ0n) is 9.42. The predicted molar refractivity (Wildman–Crippen MR) is 59.6 cm³/mol. The van der Waals surface area contributed by atoms with E-state index in [9.17, 15) is 0 Å². The fraction of sp³-hybridized carbons (Fsp3) is 0.846. The molecule has 0 bridgehead atoms. The first-order valence-corrected chi connectivity index (χ1v) is 5.81. The summed E-state index contributed by atoms with van der Waals surface area (Å²) >= 11 is 0. The molecule has 1 aliphatic rings. The number of hydrogen-bond acceptors (Lipinski definition) is 0. The molecule has 0 aromatic rings. The summed E-state index contributed by atoms with van der Waals surface area (Å²) in [5, 5.41) is 0. The Hall–Kier alpha value is -0.260. The first-order chi connectivity index (χ1) is 6.19. The van der Waals surface area contributed by atoms with E-state index in [2.05, 4.69) is 33.4 Å². The van der Waals surface area contributed by atoms with Crippen molar-refractivity contribution < 1.29 is 0 Å². The quantitative estimate of drug-likeness (QED) is 0.569. The average Bonchev–Trinajstić information content (AvgIpc) is 2.13. The zero-order valence-corrected chi connectivity index (χ0v) is 9.42. The highest BCUT2D eigenvalue weighted by Gasteiger charge is 2.30. The first-order valence-electron chi connectivity index (χ1n) is 5.81. The van der Waals surface area contributed by atoms with E-state index >= 15 is 0 Å². The maximum atomic E-state index is 3.94. The monoisotopic (exact) mass is 180 g/mol. The van der Waals surface area contributed by atoms with Gasteiger partial charge in [0.2, 0.25) is 0 Å². The van der Waals surface area contributed by atoms with Crippen molar-refractivity contribution in [1.29, 1.82) is 0 Å². The molecule has 1 rings (SSSR count). The third kappa shape index (κ3) is 2.59. The lowest BCUT2D eigenvalue weighted by atomic mass is 9.68. The molecule has 0 spiro atoms. The van der Waals surface area contributed by atoms with Crippen LogP contribution in [0.3, 0.4) is 0 Å². The number of rotatable bonds is 3. The standard InChI is InChI=1S/C13H24/c1-5-7-13-9-12(6-2)8-10(3)11(13)4/h6,10-13H,2,5,7-9H2,1,3-4H3. The lowest BCUT2D eigenvalue weighted by Crippen LogP contribution is -2.28. The minimum absolute atomic E-state index is 0.794. The van der Waals surface area contributed by atoms with Crippen LogP contribution in [0.4, 0.5) is 0 Å². The van der Waals surface area contributed by atoms with E-state index in [-0.39, 0.29) is 0 Å². The Morgan fingerprint density at radius 1 is 1.31 bits per heavy atom. The first kappa shape index (κ1) is 10.8. The molecular weight excluding hydrogens is 156 g/mol. The summed E-state index contributed by atoms with van der Waals surface area (Å²) in [4.78, 5) is 0. The topological polar surface area (TPSA) is 0 Å². The second kappa shape index (κ2) is 4.83. The molecule has 0 aromatic carbocycles. The van der Waals surface area contributed by atoms with Gasteiger partial charge in [-0.05, 0) is 36.5 Å². The molecule has 0 amide bonds. The van der Waals surface area contributed by atoms with Gasteiger partial charge in [-0.25, -0.2) is 0 Å². The van der Waals surface area contributed by atoms with E-state index in [0.717, 1.165) is 23.7 Å². The van der Waals surface area contributed by atoms with Crippen LogP contribution in [0, 0.1) is 23.7 Å². The highest BCUT2D eigenvalue weighted by atomic mass is 14.4. The highest BCUT2D eigenvalue weighted by Crippen LogP contribution is 2.40. The van der Waals surface area contributed by atoms with Gasteiger partial charge in [0.05, 0.1) is 0 Å². The second-order valence-corrected chi connectivity index (χ2v) is 4.85. The van der Waals surface area contributed by atoms with Crippen LogP contribution in [0.15, 0.2) is 12.7 Å². The van der Waals surface area contributed by atoms with Crippen LogP contribution >= 0.6 is 0 Å². The van der Waals surface area contributed by atoms with Gasteiger partial charge in [-0.1, -0.05) is 39.7 Å². The average molecular weight is 180 g/mol. The molecule has 0 heterocycles. The lowest BCUT2D eigenvalue weighted by molar-refractivity contribution is 0.141. The molecule has 1 saturated carbocycles. The van der Waals surface area contributed by atoms with Crippen molar-refractivity contribution in [2.24, 2.45) is 23.7 Å². The largest absolute Gasteiger partial charge is 0.103 e. The van der Waals surface area contributed by atoms with E-state index in [1.807, 2.05) is 0 Å². The van der Waals surface area contributed by atoms with Crippen molar-refractivity contribution in [1.82, 2.24) is 0 Å². The van der Waals surface area contributed by atoms with Gasteiger partial charge in [0.25, 0.3) is 0 Å². The van der Waals surface area contributed by atoms with Gasteiger partial charge in [-0.15, -0.1) is 6.58 Å².